The van der Waals surface area contributed by atoms with Crippen molar-refractivity contribution in [3.63, 3.8) is 0 Å². The Balaban J connectivity index is 2.01. The molecule has 0 N–H and O–H groups in total. The van der Waals surface area contributed by atoms with Crippen molar-refractivity contribution in [2.45, 2.75) is 90.3 Å². The molecular formula is C14H28O7S2. The fraction of sp³-hybridized carbons (Fsp3) is 1.00. The molecule has 0 saturated carbocycles. The summed E-state index contributed by atoms with van der Waals surface area (Å²) in [6, 6.07) is 0. The van der Waals surface area contributed by atoms with Crippen molar-refractivity contribution in [2.75, 3.05) is 0 Å². The van der Waals surface area contributed by atoms with Gasteiger partial charge in [0.05, 0.1) is 0 Å². The van der Waals surface area contributed by atoms with Gasteiger partial charge in [-0.2, -0.15) is 16.8 Å². The van der Waals surface area contributed by atoms with Crippen molar-refractivity contribution in [1.29, 1.82) is 0 Å². The zero-order chi connectivity index (χ0) is 17.2. The van der Waals surface area contributed by atoms with E-state index in [-0.39, 0.29) is 6.42 Å². The van der Waals surface area contributed by atoms with Gasteiger partial charge in [0.1, 0.15) is 0 Å². The predicted octanol–water partition coefficient (Wildman–Crippen LogP) is 3.57. The molecule has 0 aromatic rings. The lowest BCUT2D eigenvalue weighted by atomic mass is 10.1. The van der Waals surface area contributed by atoms with E-state index in [2.05, 4.69) is 18.9 Å². The molecule has 0 aliphatic carbocycles. The van der Waals surface area contributed by atoms with Gasteiger partial charge in [-0.25, -0.2) is 8.37 Å². The highest BCUT2D eigenvalue weighted by molar-refractivity contribution is 7.95. The summed E-state index contributed by atoms with van der Waals surface area (Å²) in [7, 11) is -9.03. The van der Waals surface area contributed by atoms with E-state index < -0.39 is 27.1 Å². The SMILES string of the molecule is CCCCCCCCCCCCCC1OS(=O)(=O)OS(=O)(=O)O1. The molecule has 23 heavy (non-hydrogen) atoms. The standard InChI is InChI=1S/C14H28O7S2/c1-2-3-4-5-6-7-8-9-10-11-12-13-14-19-22(15,16)21-23(17,18)20-14/h14H,2-13H2,1H3. The van der Waals surface area contributed by atoms with Crippen molar-refractivity contribution in [3.8, 4) is 0 Å². The Morgan fingerprint density at radius 3 is 1.48 bits per heavy atom. The zero-order valence-electron chi connectivity index (χ0n) is 13.7. The van der Waals surface area contributed by atoms with Crippen LogP contribution in [-0.4, -0.2) is 23.1 Å². The van der Waals surface area contributed by atoms with Crippen molar-refractivity contribution < 1.29 is 28.8 Å². The molecule has 0 aromatic heterocycles. The van der Waals surface area contributed by atoms with Gasteiger partial charge in [-0.15, -0.1) is 3.63 Å². The summed E-state index contributed by atoms with van der Waals surface area (Å²) in [6.07, 6.45) is 11.6. The second-order valence-corrected chi connectivity index (χ2v) is 8.39. The molecule has 0 atom stereocenters. The maximum atomic E-state index is 11.1. The Labute approximate surface area is 140 Å². The Hall–Kier alpha value is -0.220. The second kappa shape index (κ2) is 10.6. The van der Waals surface area contributed by atoms with Crippen LogP contribution in [0.15, 0.2) is 0 Å². The summed E-state index contributed by atoms with van der Waals surface area (Å²) in [4.78, 5) is 0. The number of hydrogen-bond acceptors (Lipinski definition) is 7. The Kier molecular flexibility index (Phi) is 9.60. The predicted molar refractivity (Wildman–Crippen MR) is 86.0 cm³/mol. The summed E-state index contributed by atoms with van der Waals surface area (Å²) in [6.45, 7) is 2.21. The smallest absolute Gasteiger partial charge is 0.214 e. The van der Waals surface area contributed by atoms with E-state index >= 15 is 0 Å². The molecule has 7 nitrogen and oxygen atoms in total. The quantitative estimate of drug-likeness (QED) is 0.483. The largest absolute Gasteiger partial charge is 0.418 e. The molecule has 0 radical (unpaired) electrons. The molecule has 1 heterocycles. The third-order valence-corrected chi connectivity index (χ3v) is 5.89. The van der Waals surface area contributed by atoms with E-state index in [0.717, 1.165) is 19.3 Å². The van der Waals surface area contributed by atoms with Crippen LogP contribution < -0.4 is 0 Å². The molecule has 0 amide bonds. The molecule has 1 rings (SSSR count). The van der Waals surface area contributed by atoms with Crippen LogP contribution in [-0.2, 0) is 32.8 Å². The van der Waals surface area contributed by atoms with Crippen molar-refractivity contribution in [3.05, 3.63) is 0 Å². The van der Waals surface area contributed by atoms with E-state index in [0.29, 0.717) is 6.42 Å². The molecular weight excluding hydrogens is 344 g/mol. The van der Waals surface area contributed by atoms with Gasteiger partial charge < -0.3 is 0 Å². The van der Waals surface area contributed by atoms with Crippen LogP contribution in [0.25, 0.3) is 0 Å². The first-order valence-electron chi connectivity index (χ1n) is 8.42. The van der Waals surface area contributed by atoms with Gasteiger partial charge in [0.2, 0.25) is 0 Å². The topological polar surface area (TPSA) is 96.0 Å². The van der Waals surface area contributed by atoms with Crippen LogP contribution in [0.3, 0.4) is 0 Å². The van der Waals surface area contributed by atoms with E-state index in [1.807, 2.05) is 0 Å². The third-order valence-electron chi connectivity index (χ3n) is 3.66. The monoisotopic (exact) mass is 372 g/mol. The summed E-state index contributed by atoms with van der Waals surface area (Å²) in [5, 5.41) is 0. The summed E-state index contributed by atoms with van der Waals surface area (Å²) < 4.78 is 56.9. The number of hydrogen-bond donors (Lipinski definition) is 0. The highest BCUT2D eigenvalue weighted by Gasteiger charge is 2.37. The first kappa shape index (κ1) is 20.8. The molecule has 1 aliphatic rings. The fourth-order valence-corrected chi connectivity index (χ4v) is 4.40. The summed E-state index contributed by atoms with van der Waals surface area (Å²) in [5.74, 6) is 0. The van der Waals surface area contributed by atoms with Crippen LogP contribution in [0.5, 0.6) is 0 Å². The third kappa shape index (κ3) is 10.3. The average Bonchev–Trinajstić information content (AvgIpc) is 2.41. The molecule has 138 valence electrons. The molecule has 9 heteroatoms. The van der Waals surface area contributed by atoms with Gasteiger partial charge in [-0.1, -0.05) is 71.1 Å². The molecule has 1 aliphatic heterocycles. The maximum absolute atomic E-state index is 11.1. The van der Waals surface area contributed by atoms with E-state index in [4.69, 9.17) is 0 Å². The average molecular weight is 373 g/mol. The van der Waals surface area contributed by atoms with Crippen molar-refractivity contribution in [1.82, 2.24) is 0 Å². The molecule has 1 fully saturated rings. The van der Waals surface area contributed by atoms with Gasteiger partial charge >= 0.3 is 20.8 Å². The van der Waals surface area contributed by atoms with Gasteiger partial charge in [0.15, 0.2) is 6.29 Å². The molecule has 0 spiro atoms. The van der Waals surface area contributed by atoms with Gasteiger partial charge in [0, 0.05) is 6.42 Å². The minimum absolute atomic E-state index is 0.207. The van der Waals surface area contributed by atoms with Gasteiger partial charge in [-0.05, 0) is 6.42 Å². The molecule has 0 unspecified atom stereocenters. The Bertz CT molecular complexity index is 479. The minimum atomic E-state index is -4.52. The van der Waals surface area contributed by atoms with Crippen LogP contribution in [0.4, 0.5) is 0 Å². The number of rotatable bonds is 12. The fourth-order valence-electron chi connectivity index (χ4n) is 2.48. The first-order valence-corrected chi connectivity index (χ1v) is 11.1. The highest BCUT2D eigenvalue weighted by Crippen LogP contribution is 2.22. The van der Waals surface area contributed by atoms with Crippen LogP contribution in [0, 0.1) is 0 Å². The van der Waals surface area contributed by atoms with Crippen LogP contribution in [0.2, 0.25) is 0 Å². The van der Waals surface area contributed by atoms with E-state index in [1.54, 1.807) is 0 Å². The van der Waals surface area contributed by atoms with Crippen molar-refractivity contribution in [2.24, 2.45) is 0 Å². The lowest BCUT2D eigenvalue weighted by molar-refractivity contribution is -0.0247. The van der Waals surface area contributed by atoms with Crippen LogP contribution in [0.1, 0.15) is 84.0 Å². The maximum Gasteiger partial charge on any atom is 0.418 e. The number of unbranched alkanes of at least 4 members (excludes halogenated alkanes) is 10. The van der Waals surface area contributed by atoms with E-state index in [1.165, 1.54) is 44.9 Å². The molecule has 1 saturated heterocycles. The Morgan fingerprint density at radius 1 is 0.652 bits per heavy atom. The first-order chi connectivity index (χ1) is 10.8. The Morgan fingerprint density at radius 2 is 1.04 bits per heavy atom. The van der Waals surface area contributed by atoms with E-state index in [9.17, 15) is 16.8 Å². The second-order valence-electron chi connectivity index (χ2n) is 5.83. The lowest BCUT2D eigenvalue weighted by Gasteiger charge is -2.20. The normalized spacial score (nSPS) is 20.6. The van der Waals surface area contributed by atoms with Crippen LogP contribution >= 0.6 is 0 Å². The summed E-state index contributed by atoms with van der Waals surface area (Å²) in [5.41, 5.74) is 0. The summed E-state index contributed by atoms with van der Waals surface area (Å²) >= 11 is 0. The molecule has 0 bridgehead atoms. The zero-order valence-corrected chi connectivity index (χ0v) is 15.4. The van der Waals surface area contributed by atoms with Gasteiger partial charge in [0.25, 0.3) is 0 Å². The molecule has 0 aromatic carbocycles. The lowest BCUT2D eigenvalue weighted by Crippen LogP contribution is -2.34. The van der Waals surface area contributed by atoms with Gasteiger partial charge in [-0.3, -0.25) is 0 Å². The minimum Gasteiger partial charge on any atom is -0.214 e. The van der Waals surface area contributed by atoms with Crippen molar-refractivity contribution >= 4 is 20.8 Å². The highest BCUT2D eigenvalue weighted by atomic mass is 32.3.